The van der Waals surface area contributed by atoms with Crippen molar-refractivity contribution in [2.45, 2.75) is 32.5 Å². The number of carbonyl (C=O) groups excluding carboxylic acids is 1. The third-order valence-corrected chi connectivity index (χ3v) is 6.23. The van der Waals surface area contributed by atoms with E-state index in [1.54, 1.807) is 4.90 Å². The van der Waals surface area contributed by atoms with Crippen molar-refractivity contribution < 1.29 is 26.9 Å². The van der Waals surface area contributed by atoms with Crippen LogP contribution < -0.4 is 10.1 Å². The lowest BCUT2D eigenvalue weighted by Gasteiger charge is -2.19. The molecule has 1 aliphatic rings. The second-order valence-electron chi connectivity index (χ2n) is 6.82. The van der Waals surface area contributed by atoms with Gasteiger partial charge in [-0.25, -0.2) is 12.8 Å². The van der Waals surface area contributed by atoms with Crippen LogP contribution in [-0.4, -0.2) is 60.0 Å². The molecule has 1 atom stereocenters. The molecule has 0 aliphatic carbocycles. The van der Waals surface area contributed by atoms with Crippen LogP contribution >= 0.6 is 0 Å². The molecule has 1 N–H and O–H groups in total. The van der Waals surface area contributed by atoms with Crippen molar-refractivity contribution in [1.82, 2.24) is 20.4 Å². The normalized spacial score (nSPS) is 18.1. The molecular formula is C18H23FN4O5S. The van der Waals surface area contributed by atoms with Crippen LogP contribution in [0.1, 0.15) is 25.1 Å². The molecule has 158 valence electrons. The van der Waals surface area contributed by atoms with E-state index in [-0.39, 0.29) is 49.0 Å². The van der Waals surface area contributed by atoms with Gasteiger partial charge in [-0.05, 0) is 37.2 Å². The monoisotopic (exact) mass is 426 g/mol. The van der Waals surface area contributed by atoms with E-state index in [9.17, 15) is 17.6 Å². The first-order chi connectivity index (χ1) is 13.8. The highest BCUT2D eigenvalue weighted by Gasteiger charge is 2.29. The summed E-state index contributed by atoms with van der Waals surface area (Å²) in [4.78, 5) is 18.2. The zero-order valence-electron chi connectivity index (χ0n) is 16.0. The minimum Gasteiger partial charge on any atom is -0.485 e. The van der Waals surface area contributed by atoms with Crippen molar-refractivity contribution in [3.05, 3.63) is 41.8 Å². The number of nitrogens with zero attached hydrogens (tertiary/aromatic N) is 3. The van der Waals surface area contributed by atoms with E-state index in [0.29, 0.717) is 30.4 Å². The van der Waals surface area contributed by atoms with Crippen LogP contribution in [0.25, 0.3) is 0 Å². The summed E-state index contributed by atoms with van der Waals surface area (Å²) in [5.74, 6) is 0.665. The summed E-state index contributed by atoms with van der Waals surface area (Å²) < 4.78 is 46.5. The molecule has 1 aliphatic heterocycles. The quantitative estimate of drug-likeness (QED) is 0.629. The molecule has 0 saturated carbocycles. The van der Waals surface area contributed by atoms with Crippen molar-refractivity contribution in [2.75, 3.05) is 24.6 Å². The van der Waals surface area contributed by atoms with Gasteiger partial charge in [0, 0.05) is 6.04 Å². The number of sulfone groups is 1. The minimum atomic E-state index is -3.04. The van der Waals surface area contributed by atoms with E-state index in [0.717, 1.165) is 0 Å². The van der Waals surface area contributed by atoms with E-state index in [1.165, 1.54) is 24.3 Å². The highest BCUT2D eigenvalue weighted by molar-refractivity contribution is 7.91. The van der Waals surface area contributed by atoms with Crippen LogP contribution in [0.2, 0.25) is 0 Å². The number of halogens is 1. The largest absolute Gasteiger partial charge is 0.485 e. The number of likely N-dealkylation sites (N-methyl/N-ethyl adjacent to an activating group) is 1. The first-order valence-electron chi connectivity index (χ1n) is 9.25. The molecule has 2 heterocycles. The van der Waals surface area contributed by atoms with Crippen LogP contribution in [0.15, 0.2) is 28.8 Å². The molecule has 29 heavy (non-hydrogen) atoms. The van der Waals surface area contributed by atoms with E-state index in [4.69, 9.17) is 9.26 Å². The summed E-state index contributed by atoms with van der Waals surface area (Å²) in [5, 5.41) is 6.59. The van der Waals surface area contributed by atoms with Gasteiger partial charge in [-0.1, -0.05) is 12.1 Å². The lowest BCUT2D eigenvalue weighted by molar-refractivity contribution is -0.122. The highest BCUT2D eigenvalue weighted by Crippen LogP contribution is 2.13. The van der Waals surface area contributed by atoms with Crippen LogP contribution in [0.4, 0.5) is 4.39 Å². The van der Waals surface area contributed by atoms with Crippen LogP contribution in [0, 0.1) is 5.82 Å². The molecule has 1 aromatic carbocycles. The van der Waals surface area contributed by atoms with Gasteiger partial charge in [-0.3, -0.25) is 9.69 Å². The lowest BCUT2D eigenvalue weighted by atomic mass is 10.2. The highest BCUT2D eigenvalue weighted by atomic mass is 32.2. The molecule has 1 saturated heterocycles. The first-order valence-corrected chi connectivity index (χ1v) is 11.1. The Labute approximate surface area is 168 Å². The average molecular weight is 426 g/mol. The summed E-state index contributed by atoms with van der Waals surface area (Å²) in [6.45, 7) is 2.90. The summed E-state index contributed by atoms with van der Waals surface area (Å²) in [7, 11) is -3.04. The maximum Gasteiger partial charge on any atom is 0.240 e. The standard InChI is InChI=1S/C18H23FN4O5S/c1-2-23(9-17(24)20-14-7-8-29(25,26)12-14)10-18-21-16(22-28-18)11-27-15-5-3-13(19)4-6-15/h3-6,14H,2,7-12H2,1H3,(H,20,24)/t14-/m0/s1. The zero-order valence-corrected chi connectivity index (χ0v) is 16.8. The van der Waals surface area contributed by atoms with Gasteiger partial charge in [-0.2, -0.15) is 4.98 Å². The lowest BCUT2D eigenvalue weighted by Crippen LogP contribution is -2.42. The second kappa shape index (κ2) is 9.31. The van der Waals surface area contributed by atoms with Gasteiger partial charge in [0.05, 0.1) is 24.6 Å². The second-order valence-corrected chi connectivity index (χ2v) is 9.05. The molecule has 0 unspecified atom stereocenters. The molecule has 11 heteroatoms. The molecule has 2 aromatic rings. The molecule has 3 rings (SSSR count). The fourth-order valence-electron chi connectivity index (χ4n) is 2.95. The van der Waals surface area contributed by atoms with Crippen molar-refractivity contribution in [3.8, 4) is 5.75 Å². The smallest absolute Gasteiger partial charge is 0.240 e. The summed E-state index contributed by atoms with van der Waals surface area (Å²) in [5.41, 5.74) is 0. The van der Waals surface area contributed by atoms with E-state index in [1.807, 2.05) is 6.92 Å². The fraction of sp³-hybridized carbons (Fsp3) is 0.500. The maximum absolute atomic E-state index is 12.9. The Kier molecular flexibility index (Phi) is 6.80. The number of amides is 1. The minimum absolute atomic E-state index is 0.00800. The first kappa shape index (κ1) is 21.2. The summed E-state index contributed by atoms with van der Waals surface area (Å²) >= 11 is 0. The van der Waals surface area contributed by atoms with Gasteiger partial charge >= 0.3 is 0 Å². The number of carbonyl (C=O) groups is 1. The van der Waals surface area contributed by atoms with E-state index < -0.39 is 9.84 Å². The van der Waals surface area contributed by atoms with Gasteiger partial charge in [0.2, 0.25) is 17.6 Å². The summed E-state index contributed by atoms with van der Waals surface area (Å²) in [6.07, 6.45) is 0.446. The Morgan fingerprint density at radius 2 is 2.14 bits per heavy atom. The summed E-state index contributed by atoms with van der Waals surface area (Å²) in [6, 6.07) is 5.27. The third-order valence-electron chi connectivity index (χ3n) is 4.46. The molecule has 9 nitrogen and oxygen atoms in total. The average Bonchev–Trinajstić information content (AvgIpc) is 3.26. The van der Waals surface area contributed by atoms with Crippen molar-refractivity contribution in [2.24, 2.45) is 0 Å². The predicted molar refractivity (Wildman–Crippen MR) is 101 cm³/mol. The van der Waals surface area contributed by atoms with Crippen LogP contribution in [0.3, 0.4) is 0 Å². The van der Waals surface area contributed by atoms with Crippen LogP contribution in [0.5, 0.6) is 5.75 Å². The number of nitrogens with one attached hydrogen (secondary N) is 1. The number of rotatable bonds is 9. The van der Waals surface area contributed by atoms with Gasteiger partial charge in [0.15, 0.2) is 16.4 Å². The number of hydrogen-bond donors (Lipinski definition) is 1. The molecule has 0 bridgehead atoms. The Hall–Kier alpha value is -2.53. The fourth-order valence-corrected chi connectivity index (χ4v) is 4.62. The Bertz CT molecular complexity index is 932. The van der Waals surface area contributed by atoms with E-state index >= 15 is 0 Å². The molecule has 0 radical (unpaired) electrons. The Balaban J connectivity index is 1.46. The van der Waals surface area contributed by atoms with Gasteiger partial charge < -0.3 is 14.6 Å². The van der Waals surface area contributed by atoms with Crippen molar-refractivity contribution >= 4 is 15.7 Å². The molecule has 1 amide bonds. The Morgan fingerprint density at radius 3 is 2.79 bits per heavy atom. The zero-order chi connectivity index (χ0) is 20.9. The number of aromatic nitrogens is 2. The number of ether oxygens (including phenoxy) is 1. The number of hydrogen-bond acceptors (Lipinski definition) is 8. The molecular weight excluding hydrogens is 403 g/mol. The van der Waals surface area contributed by atoms with Crippen LogP contribution in [-0.2, 0) is 27.8 Å². The molecule has 1 aromatic heterocycles. The van der Waals surface area contributed by atoms with Gasteiger partial charge in [0.1, 0.15) is 11.6 Å². The number of benzene rings is 1. The van der Waals surface area contributed by atoms with E-state index in [2.05, 4.69) is 15.5 Å². The van der Waals surface area contributed by atoms with Crippen molar-refractivity contribution in [1.29, 1.82) is 0 Å². The molecule has 0 spiro atoms. The van der Waals surface area contributed by atoms with Gasteiger partial charge in [0.25, 0.3) is 0 Å². The van der Waals surface area contributed by atoms with Crippen molar-refractivity contribution in [3.63, 3.8) is 0 Å². The molecule has 1 fully saturated rings. The third kappa shape index (κ3) is 6.50. The Morgan fingerprint density at radius 1 is 1.38 bits per heavy atom. The topological polar surface area (TPSA) is 115 Å². The predicted octanol–water partition coefficient (Wildman–Crippen LogP) is 0.913. The van der Waals surface area contributed by atoms with Gasteiger partial charge in [-0.15, -0.1) is 0 Å². The maximum atomic E-state index is 12.9. The SMILES string of the molecule is CCN(CC(=O)N[C@H]1CCS(=O)(=O)C1)Cc1nc(COc2ccc(F)cc2)no1.